The molecule has 0 unspecified atom stereocenters. The van der Waals surface area contributed by atoms with Crippen molar-refractivity contribution in [1.82, 2.24) is 10.9 Å². The Bertz CT molecular complexity index is 927. The van der Waals surface area contributed by atoms with Gasteiger partial charge in [-0.05, 0) is 23.3 Å². The number of hydrogen-bond acceptors (Lipinski definition) is 6. The summed E-state index contributed by atoms with van der Waals surface area (Å²) in [5.74, 6) is 9.83. The standard InChI is InChI=1S/C22H22N4O4/c23-25-21(27)17-12-20(30-14-16-9-5-2-6-10-16)18(22(28)26-24)11-19(17)29-13-15-7-3-1-4-8-15/h1-12H,13-14,23-24H2,(H,25,27)(H,26,28). The lowest BCUT2D eigenvalue weighted by molar-refractivity contribution is 0.0933. The van der Waals surface area contributed by atoms with Crippen molar-refractivity contribution in [1.29, 1.82) is 0 Å². The van der Waals surface area contributed by atoms with Gasteiger partial charge in [0.15, 0.2) is 0 Å². The van der Waals surface area contributed by atoms with E-state index in [-0.39, 0.29) is 35.8 Å². The Balaban J connectivity index is 1.94. The topological polar surface area (TPSA) is 129 Å². The van der Waals surface area contributed by atoms with Crippen molar-refractivity contribution in [3.63, 3.8) is 0 Å². The Morgan fingerprint density at radius 1 is 0.667 bits per heavy atom. The van der Waals surface area contributed by atoms with E-state index >= 15 is 0 Å². The zero-order chi connectivity index (χ0) is 21.3. The molecule has 8 nitrogen and oxygen atoms in total. The number of hydrogen-bond donors (Lipinski definition) is 4. The van der Waals surface area contributed by atoms with Crippen molar-refractivity contribution >= 4 is 11.8 Å². The summed E-state index contributed by atoms with van der Waals surface area (Å²) in [5, 5.41) is 0. The highest BCUT2D eigenvalue weighted by Gasteiger charge is 2.21. The summed E-state index contributed by atoms with van der Waals surface area (Å²) >= 11 is 0. The van der Waals surface area contributed by atoms with Gasteiger partial charge in [-0.2, -0.15) is 0 Å². The molecule has 3 aromatic carbocycles. The molecule has 0 atom stereocenters. The van der Waals surface area contributed by atoms with E-state index in [0.717, 1.165) is 11.1 Å². The third-order valence-electron chi connectivity index (χ3n) is 4.31. The fraction of sp³-hybridized carbons (Fsp3) is 0.0909. The Hall–Kier alpha value is -3.88. The number of nitrogen functional groups attached to an aromatic ring is 2. The predicted octanol–water partition coefficient (Wildman–Crippen LogP) is 2.05. The molecule has 0 fully saturated rings. The minimum atomic E-state index is -0.581. The number of benzene rings is 3. The van der Waals surface area contributed by atoms with E-state index < -0.39 is 11.8 Å². The summed E-state index contributed by atoms with van der Waals surface area (Å²) in [6.45, 7) is 0.388. The zero-order valence-electron chi connectivity index (χ0n) is 16.1. The number of nitrogens with two attached hydrogens (primary N) is 2. The van der Waals surface area contributed by atoms with Crippen LogP contribution in [0.5, 0.6) is 11.5 Å². The van der Waals surface area contributed by atoms with E-state index in [0.29, 0.717) is 0 Å². The number of carbonyl (C=O) groups is 2. The highest BCUT2D eigenvalue weighted by molar-refractivity contribution is 6.02. The first-order chi connectivity index (χ1) is 14.6. The summed E-state index contributed by atoms with van der Waals surface area (Å²) in [6, 6.07) is 21.6. The van der Waals surface area contributed by atoms with Crippen LogP contribution in [0.2, 0.25) is 0 Å². The molecule has 30 heavy (non-hydrogen) atoms. The molecule has 0 saturated heterocycles. The zero-order valence-corrected chi connectivity index (χ0v) is 16.1. The van der Waals surface area contributed by atoms with Gasteiger partial charge < -0.3 is 9.47 Å². The lowest BCUT2D eigenvalue weighted by atomic mass is 10.1. The molecule has 154 valence electrons. The van der Waals surface area contributed by atoms with Crippen LogP contribution in [0.25, 0.3) is 0 Å². The summed E-state index contributed by atoms with van der Waals surface area (Å²) in [6.07, 6.45) is 0. The second kappa shape index (κ2) is 10.1. The SMILES string of the molecule is NNC(=O)c1cc(OCc2ccccc2)c(C(=O)NN)cc1OCc1ccccc1. The van der Waals surface area contributed by atoms with Crippen LogP contribution in [0, 0.1) is 0 Å². The predicted molar refractivity (Wildman–Crippen MR) is 111 cm³/mol. The Morgan fingerprint density at radius 3 is 1.37 bits per heavy atom. The van der Waals surface area contributed by atoms with Crippen molar-refractivity contribution in [2.24, 2.45) is 11.7 Å². The second-order valence-corrected chi connectivity index (χ2v) is 6.34. The lowest BCUT2D eigenvalue weighted by Crippen LogP contribution is -2.32. The number of amides is 2. The van der Waals surface area contributed by atoms with Gasteiger partial charge in [-0.1, -0.05) is 60.7 Å². The molecule has 0 bridgehead atoms. The van der Waals surface area contributed by atoms with Crippen LogP contribution in [0.1, 0.15) is 31.8 Å². The molecule has 0 radical (unpaired) electrons. The third kappa shape index (κ3) is 5.13. The van der Waals surface area contributed by atoms with Crippen LogP contribution in [-0.4, -0.2) is 11.8 Å². The van der Waals surface area contributed by atoms with Gasteiger partial charge in [-0.25, -0.2) is 11.7 Å². The quantitative estimate of drug-likeness (QED) is 0.257. The summed E-state index contributed by atoms with van der Waals surface area (Å²) in [4.78, 5) is 24.7. The summed E-state index contributed by atoms with van der Waals surface area (Å²) < 4.78 is 11.6. The van der Waals surface area contributed by atoms with Crippen LogP contribution in [0.15, 0.2) is 72.8 Å². The smallest absolute Gasteiger partial charge is 0.269 e. The number of carbonyl (C=O) groups excluding carboxylic acids is 2. The molecule has 6 N–H and O–H groups in total. The van der Waals surface area contributed by atoms with Gasteiger partial charge in [0.05, 0.1) is 11.1 Å². The molecule has 3 aromatic rings. The molecule has 0 aliphatic rings. The average Bonchev–Trinajstić information content (AvgIpc) is 2.81. The molecule has 8 heteroatoms. The van der Waals surface area contributed by atoms with Crippen LogP contribution in [0.4, 0.5) is 0 Å². The van der Waals surface area contributed by atoms with Gasteiger partial charge in [-0.15, -0.1) is 0 Å². The molecule has 3 rings (SSSR count). The maximum absolute atomic E-state index is 12.3. The fourth-order valence-electron chi connectivity index (χ4n) is 2.78. The monoisotopic (exact) mass is 406 g/mol. The third-order valence-corrected chi connectivity index (χ3v) is 4.31. The van der Waals surface area contributed by atoms with E-state index in [9.17, 15) is 9.59 Å². The van der Waals surface area contributed by atoms with Crippen molar-refractivity contribution in [2.45, 2.75) is 13.2 Å². The molecule has 0 heterocycles. The first kappa shape index (κ1) is 20.8. The minimum absolute atomic E-state index is 0.130. The Kier molecular flexibility index (Phi) is 6.99. The van der Waals surface area contributed by atoms with E-state index in [1.165, 1.54) is 12.1 Å². The largest absolute Gasteiger partial charge is 0.488 e. The molecule has 2 amide bonds. The first-order valence-electron chi connectivity index (χ1n) is 9.15. The Morgan fingerprint density at radius 2 is 1.03 bits per heavy atom. The van der Waals surface area contributed by atoms with E-state index in [4.69, 9.17) is 21.2 Å². The number of nitrogens with one attached hydrogen (secondary N) is 2. The number of ether oxygens (including phenoxy) is 2. The molecule has 0 aliphatic carbocycles. The van der Waals surface area contributed by atoms with E-state index in [1.807, 2.05) is 60.7 Å². The highest BCUT2D eigenvalue weighted by atomic mass is 16.5. The van der Waals surface area contributed by atoms with Gasteiger partial charge >= 0.3 is 0 Å². The molecule has 0 aromatic heterocycles. The van der Waals surface area contributed by atoms with Crippen molar-refractivity contribution < 1.29 is 19.1 Å². The van der Waals surface area contributed by atoms with Crippen molar-refractivity contribution in [2.75, 3.05) is 0 Å². The normalized spacial score (nSPS) is 10.2. The fourth-order valence-corrected chi connectivity index (χ4v) is 2.78. The number of rotatable bonds is 8. The van der Waals surface area contributed by atoms with Crippen LogP contribution >= 0.6 is 0 Å². The molecular weight excluding hydrogens is 384 g/mol. The van der Waals surface area contributed by atoms with E-state index in [1.54, 1.807) is 0 Å². The molecular formula is C22H22N4O4. The van der Waals surface area contributed by atoms with Gasteiger partial charge in [-0.3, -0.25) is 20.4 Å². The molecule has 0 aliphatic heterocycles. The van der Waals surface area contributed by atoms with E-state index in [2.05, 4.69) is 10.9 Å². The maximum atomic E-state index is 12.3. The Labute approximate surface area is 173 Å². The van der Waals surface area contributed by atoms with Gasteiger partial charge in [0.1, 0.15) is 24.7 Å². The lowest BCUT2D eigenvalue weighted by Gasteiger charge is -2.16. The first-order valence-corrected chi connectivity index (χ1v) is 9.15. The van der Waals surface area contributed by atoms with Gasteiger partial charge in [0, 0.05) is 0 Å². The van der Waals surface area contributed by atoms with Gasteiger partial charge in [0.25, 0.3) is 11.8 Å². The maximum Gasteiger partial charge on any atom is 0.269 e. The van der Waals surface area contributed by atoms with Crippen molar-refractivity contribution in [3.05, 3.63) is 95.1 Å². The minimum Gasteiger partial charge on any atom is -0.488 e. The second-order valence-electron chi connectivity index (χ2n) is 6.34. The van der Waals surface area contributed by atoms with Gasteiger partial charge in [0.2, 0.25) is 0 Å². The highest BCUT2D eigenvalue weighted by Crippen LogP contribution is 2.30. The van der Waals surface area contributed by atoms with Crippen LogP contribution < -0.4 is 32.0 Å². The summed E-state index contributed by atoms with van der Waals surface area (Å²) in [5.41, 5.74) is 6.22. The molecule has 0 spiro atoms. The van der Waals surface area contributed by atoms with Crippen LogP contribution in [-0.2, 0) is 13.2 Å². The number of hydrazine groups is 2. The average molecular weight is 406 g/mol. The molecule has 0 saturated carbocycles. The van der Waals surface area contributed by atoms with Crippen LogP contribution in [0.3, 0.4) is 0 Å². The summed E-state index contributed by atoms with van der Waals surface area (Å²) in [7, 11) is 0. The van der Waals surface area contributed by atoms with Crippen molar-refractivity contribution in [3.8, 4) is 11.5 Å².